The van der Waals surface area contributed by atoms with E-state index in [4.69, 9.17) is 4.74 Å². The van der Waals surface area contributed by atoms with Gasteiger partial charge in [0.15, 0.2) is 0 Å². The van der Waals surface area contributed by atoms with Gasteiger partial charge in [0.2, 0.25) is 0 Å². The van der Waals surface area contributed by atoms with Crippen molar-refractivity contribution in [1.29, 1.82) is 0 Å². The molecule has 1 aliphatic heterocycles. The average molecular weight is 233 g/mol. The Hall–Kier alpha value is -0.840. The van der Waals surface area contributed by atoms with Gasteiger partial charge in [-0.15, -0.1) is 0 Å². The minimum Gasteiger partial charge on any atom is -0.444 e. The van der Waals surface area contributed by atoms with Gasteiger partial charge < -0.3 is 14.7 Å². The first-order chi connectivity index (χ1) is 7.28. The second-order valence-electron chi connectivity index (χ2n) is 5.21. The molecule has 0 aliphatic carbocycles. The zero-order valence-electron chi connectivity index (χ0n) is 10.1. The van der Waals surface area contributed by atoms with Crippen molar-refractivity contribution in [2.75, 3.05) is 13.1 Å². The van der Waals surface area contributed by atoms with Gasteiger partial charge in [-0.2, -0.15) is 0 Å². The van der Waals surface area contributed by atoms with Gasteiger partial charge in [0, 0.05) is 0 Å². The highest BCUT2D eigenvalue weighted by Gasteiger charge is 2.29. The van der Waals surface area contributed by atoms with Crippen LogP contribution in [0.4, 0.5) is 9.18 Å². The summed E-state index contributed by atoms with van der Waals surface area (Å²) in [5.41, 5.74) is -0.597. The first-order valence-electron chi connectivity index (χ1n) is 5.58. The molecule has 5 heteroatoms. The van der Waals surface area contributed by atoms with Gasteiger partial charge in [0.25, 0.3) is 0 Å². The Bertz CT molecular complexity index is 240. The molecule has 1 heterocycles. The summed E-state index contributed by atoms with van der Waals surface area (Å²) >= 11 is 0. The number of aliphatic hydroxyl groups is 1. The van der Waals surface area contributed by atoms with Crippen LogP contribution in [0.25, 0.3) is 0 Å². The molecule has 0 aromatic heterocycles. The molecule has 1 aliphatic rings. The zero-order valence-corrected chi connectivity index (χ0v) is 10.1. The van der Waals surface area contributed by atoms with Crippen LogP contribution in [0.3, 0.4) is 0 Å². The van der Waals surface area contributed by atoms with E-state index in [0.29, 0.717) is 12.8 Å². The number of carbonyl (C=O) groups excluding carboxylic acids is 1. The fourth-order valence-electron chi connectivity index (χ4n) is 1.60. The summed E-state index contributed by atoms with van der Waals surface area (Å²) in [6, 6.07) is 0. The highest BCUT2D eigenvalue weighted by molar-refractivity contribution is 5.68. The van der Waals surface area contributed by atoms with E-state index in [-0.39, 0.29) is 13.1 Å². The smallest absolute Gasteiger partial charge is 0.410 e. The van der Waals surface area contributed by atoms with Crippen LogP contribution in [-0.4, -0.2) is 47.1 Å². The summed E-state index contributed by atoms with van der Waals surface area (Å²) in [6.45, 7) is 5.42. The van der Waals surface area contributed by atoms with Gasteiger partial charge >= 0.3 is 6.09 Å². The molecule has 0 aromatic carbocycles. The van der Waals surface area contributed by atoms with Gasteiger partial charge in [-0.05, 0) is 33.6 Å². The number of alkyl halides is 1. The van der Waals surface area contributed by atoms with Crippen LogP contribution in [0.2, 0.25) is 0 Å². The first kappa shape index (κ1) is 13.2. The number of ether oxygens (including phenoxy) is 1. The second-order valence-corrected chi connectivity index (χ2v) is 5.21. The molecule has 1 fully saturated rings. The number of amides is 1. The summed E-state index contributed by atoms with van der Waals surface area (Å²) in [6.07, 6.45) is -1.62. The summed E-state index contributed by atoms with van der Waals surface area (Å²) < 4.78 is 18.4. The molecule has 0 spiro atoms. The van der Waals surface area contributed by atoms with Crippen molar-refractivity contribution in [3.63, 3.8) is 0 Å². The Labute approximate surface area is 95.4 Å². The van der Waals surface area contributed by atoms with Crippen LogP contribution in [0.15, 0.2) is 0 Å². The van der Waals surface area contributed by atoms with E-state index in [2.05, 4.69) is 0 Å². The van der Waals surface area contributed by atoms with Crippen molar-refractivity contribution in [3.8, 4) is 0 Å². The van der Waals surface area contributed by atoms with Crippen molar-refractivity contribution >= 4 is 6.09 Å². The molecular weight excluding hydrogens is 213 g/mol. The van der Waals surface area contributed by atoms with Gasteiger partial charge in [-0.25, -0.2) is 9.18 Å². The number of hydrogen-bond donors (Lipinski definition) is 1. The highest BCUT2D eigenvalue weighted by Crippen LogP contribution is 2.17. The Balaban J connectivity index is 2.59. The number of carbonyl (C=O) groups is 1. The largest absolute Gasteiger partial charge is 0.444 e. The van der Waals surface area contributed by atoms with Crippen LogP contribution in [-0.2, 0) is 4.74 Å². The molecular formula is C11H20FNO3. The average Bonchev–Trinajstić information content (AvgIpc) is 2.25. The minimum absolute atomic E-state index is 0.00593. The molecule has 0 saturated carbocycles. The molecule has 1 rings (SSSR count). The lowest BCUT2D eigenvalue weighted by Gasteiger charge is -2.27. The predicted molar refractivity (Wildman–Crippen MR) is 57.9 cm³/mol. The number of rotatable bonds is 0. The Morgan fingerprint density at radius 1 is 1.38 bits per heavy atom. The minimum atomic E-state index is -1.08. The molecule has 2 unspecified atom stereocenters. The van der Waals surface area contributed by atoms with Crippen LogP contribution in [0.5, 0.6) is 0 Å². The normalized spacial score (nSPS) is 27.4. The third-order valence-corrected chi connectivity index (χ3v) is 2.31. The molecule has 0 aromatic rings. The molecule has 2 atom stereocenters. The topological polar surface area (TPSA) is 49.8 Å². The Kier molecular flexibility index (Phi) is 4.13. The lowest BCUT2D eigenvalue weighted by molar-refractivity contribution is 0.0147. The summed E-state index contributed by atoms with van der Waals surface area (Å²) in [5, 5.41) is 9.51. The SMILES string of the molecule is CC(C)(C)OC(=O)N1CC(O)CCC(F)C1. The van der Waals surface area contributed by atoms with E-state index in [9.17, 15) is 14.3 Å². The Morgan fingerprint density at radius 3 is 2.56 bits per heavy atom. The summed E-state index contributed by atoms with van der Waals surface area (Å²) in [4.78, 5) is 12.9. The number of aliphatic hydroxyl groups excluding tert-OH is 1. The van der Waals surface area contributed by atoms with Gasteiger partial charge in [0.05, 0.1) is 19.2 Å². The molecule has 4 nitrogen and oxygen atoms in total. The predicted octanol–water partition coefficient (Wildman–Crippen LogP) is 1.72. The fraction of sp³-hybridized carbons (Fsp3) is 0.909. The van der Waals surface area contributed by atoms with E-state index in [0.717, 1.165) is 0 Å². The van der Waals surface area contributed by atoms with Crippen LogP contribution < -0.4 is 0 Å². The van der Waals surface area contributed by atoms with Crippen molar-refractivity contribution in [2.45, 2.75) is 51.5 Å². The van der Waals surface area contributed by atoms with E-state index in [1.807, 2.05) is 0 Å². The third kappa shape index (κ3) is 4.35. The van der Waals surface area contributed by atoms with Crippen molar-refractivity contribution in [1.82, 2.24) is 4.90 Å². The maximum absolute atomic E-state index is 13.3. The van der Waals surface area contributed by atoms with Crippen molar-refractivity contribution in [3.05, 3.63) is 0 Å². The monoisotopic (exact) mass is 233 g/mol. The van der Waals surface area contributed by atoms with E-state index in [1.165, 1.54) is 4.90 Å². The molecule has 16 heavy (non-hydrogen) atoms. The molecule has 0 radical (unpaired) electrons. The van der Waals surface area contributed by atoms with Crippen LogP contribution in [0.1, 0.15) is 33.6 Å². The number of β-amino-alcohol motifs (C(OH)–C–C–N with tert-alkyl or cyclic N) is 1. The van der Waals surface area contributed by atoms with Crippen molar-refractivity contribution < 1.29 is 19.0 Å². The van der Waals surface area contributed by atoms with Crippen LogP contribution in [0, 0.1) is 0 Å². The first-order valence-corrected chi connectivity index (χ1v) is 5.58. The Morgan fingerprint density at radius 2 is 2.00 bits per heavy atom. The molecule has 1 saturated heterocycles. The van der Waals surface area contributed by atoms with Gasteiger partial charge in [-0.3, -0.25) is 0 Å². The maximum atomic E-state index is 13.3. The molecule has 1 N–H and O–H groups in total. The number of likely N-dealkylation sites (tertiary alicyclic amines) is 1. The lowest BCUT2D eigenvalue weighted by atomic mass is 10.2. The fourth-order valence-corrected chi connectivity index (χ4v) is 1.60. The van der Waals surface area contributed by atoms with Gasteiger partial charge in [-0.1, -0.05) is 0 Å². The van der Waals surface area contributed by atoms with Crippen LogP contribution >= 0.6 is 0 Å². The van der Waals surface area contributed by atoms with E-state index < -0.39 is 24.0 Å². The second kappa shape index (κ2) is 4.99. The van der Waals surface area contributed by atoms with Crippen molar-refractivity contribution in [2.24, 2.45) is 0 Å². The standard InChI is InChI=1S/C11H20FNO3/c1-11(2,3)16-10(15)13-6-8(12)4-5-9(14)7-13/h8-9,14H,4-7H2,1-3H3. The van der Waals surface area contributed by atoms with E-state index >= 15 is 0 Å². The maximum Gasteiger partial charge on any atom is 0.410 e. The number of hydrogen-bond acceptors (Lipinski definition) is 3. The molecule has 1 amide bonds. The molecule has 0 bridgehead atoms. The quantitative estimate of drug-likeness (QED) is 0.693. The third-order valence-electron chi connectivity index (χ3n) is 2.31. The summed E-state index contributed by atoms with van der Waals surface area (Å²) in [5.74, 6) is 0. The zero-order chi connectivity index (χ0) is 12.3. The van der Waals surface area contributed by atoms with Gasteiger partial charge in [0.1, 0.15) is 11.8 Å². The lowest BCUT2D eigenvalue weighted by Crippen LogP contribution is -2.41. The molecule has 94 valence electrons. The number of nitrogens with zero attached hydrogens (tertiary/aromatic N) is 1. The number of halogens is 1. The summed E-state index contributed by atoms with van der Waals surface area (Å²) in [7, 11) is 0. The highest BCUT2D eigenvalue weighted by atomic mass is 19.1. The van der Waals surface area contributed by atoms with E-state index in [1.54, 1.807) is 20.8 Å².